The van der Waals surface area contributed by atoms with E-state index in [-0.39, 0.29) is 11.8 Å². The molecule has 0 fully saturated rings. The van der Waals surface area contributed by atoms with Crippen molar-refractivity contribution < 1.29 is 8.42 Å². The van der Waals surface area contributed by atoms with Crippen molar-refractivity contribution in [3.8, 4) is 0 Å². The Kier molecular flexibility index (Phi) is 4.08. The molecule has 0 atom stereocenters. The molecular formula is C13H18N4O2S. The van der Waals surface area contributed by atoms with Crippen molar-refractivity contribution in [2.24, 2.45) is 0 Å². The Hall–Kier alpha value is -1.89. The second-order valence-corrected chi connectivity index (χ2v) is 6.66. The maximum atomic E-state index is 11.8. The van der Waals surface area contributed by atoms with Crippen LogP contribution in [0.5, 0.6) is 0 Å². The van der Waals surface area contributed by atoms with Crippen LogP contribution in [0.3, 0.4) is 0 Å². The van der Waals surface area contributed by atoms with E-state index in [0.717, 1.165) is 11.0 Å². The number of nitrogens with zero attached hydrogens (tertiary/aromatic N) is 3. The molecule has 0 unspecified atom stereocenters. The van der Waals surface area contributed by atoms with E-state index >= 15 is 0 Å². The average molecular weight is 294 g/mol. The van der Waals surface area contributed by atoms with Gasteiger partial charge in [0.05, 0.1) is 23.8 Å². The molecule has 108 valence electrons. The molecule has 0 aliphatic carbocycles. The second kappa shape index (κ2) is 5.62. The second-order valence-electron chi connectivity index (χ2n) is 4.82. The van der Waals surface area contributed by atoms with Crippen LogP contribution in [0.4, 0.5) is 5.69 Å². The molecule has 7 heteroatoms. The van der Waals surface area contributed by atoms with Gasteiger partial charge in [0.1, 0.15) is 0 Å². The van der Waals surface area contributed by atoms with Crippen molar-refractivity contribution in [1.82, 2.24) is 14.8 Å². The minimum atomic E-state index is -3.36. The molecule has 0 spiro atoms. The molecule has 0 saturated heterocycles. The number of rotatable bonds is 6. The van der Waals surface area contributed by atoms with Gasteiger partial charge in [-0.25, -0.2) is 18.1 Å². The van der Waals surface area contributed by atoms with Gasteiger partial charge in [-0.05, 0) is 26.3 Å². The number of allylic oxidation sites excluding steroid dienone is 1. The van der Waals surface area contributed by atoms with Gasteiger partial charge in [0.15, 0.2) is 5.65 Å². The number of nitrogens with one attached hydrogen (secondary N) is 1. The molecule has 0 aliphatic rings. The highest BCUT2D eigenvalue weighted by molar-refractivity contribution is 7.92. The predicted octanol–water partition coefficient (Wildman–Crippen LogP) is 2.33. The van der Waals surface area contributed by atoms with Gasteiger partial charge in [-0.2, -0.15) is 5.10 Å². The normalized spacial score (nSPS) is 11.9. The van der Waals surface area contributed by atoms with Gasteiger partial charge in [0, 0.05) is 11.4 Å². The van der Waals surface area contributed by atoms with Crippen LogP contribution in [0.25, 0.3) is 11.0 Å². The number of sulfonamides is 1. The van der Waals surface area contributed by atoms with Crippen LogP contribution < -0.4 is 4.72 Å². The number of hydrogen-bond donors (Lipinski definition) is 1. The highest BCUT2D eigenvalue weighted by Gasteiger charge is 2.12. The zero-order chi connectivity index (χ0) is 14.8. The first-order valence-corrected chi connectivity index (χ1v) is 8.03. The monoisotopic (exact) mass is 294 g/mol. The Bertz CT molecular complexity index is 719. The minimum absolute atomic E-state index is 0.0137. The first-order valence-electron chi connectivity index (χ1n) is 6.37. The van der Waals surface area contributed by atoms with Crippen molar-refractivity contribution >= 4 is 26.7 Å². The minimum Gasteiger partial charge on any atom is -0.282 e. The highest BCUT2D eigenvalue weighted by atomic mass is 32.2. The Morgan fingerprint density at radius 1 is 1.45 bits per heavy atom. The Labute approximate surface area is 118 Å². The van der Waals surface area contributed by atoms with Gasteiger partial charge in [-0.15, -0.1) is 6.58 Å². The summed E-state index contributed by atoms with van der Waals surface area (Å²) in [5.41, 5.74) is 1.19. The summed E-state index contributed by atoms with van der Waals surface area (Å²) in [6.07, 6.45) is 5.18. The third-order valence-corrected chi connectivity index (χ3v) is 4.11. The molecule has 0 aromatic carbocycles. The van der Waals surface area contributed by atoms with E-state index in [4.69, 9.17) is 0 Å². The Morgan fingerprint density at radius 3 is 2.85 bits per heavy atom. The zero-order valence-electron chi connectivity index (χ0n) is 11.6. The molecule has 2 rings (SSSR count). The van der Waals surface area contributed by atoms with Gasteiger partial charge < -0.3 is 0 Å². The number of fused-ring (bicyclic) bond motifs is 1. The summed E-state index contributed by atoms with van der Waals surface area (Å²) in [6, 6.07) is 1.94. The maximum absolute atomic E-state index is 11.8. The fourth-order valence-corrected chi connectivity index (χ4v) is 2.89. The van der Waals surface area contributed by atoms with Gasteiger partial charge in [-0.1, -0.05) is 6.08 Å². The molecule has 20 heavy (non-hydrogen) atoms. The van der Waals surface area contributed by atoms with Crippen LogP contribution in [0.1, 0.15) is 26.3 Å². The summed E-state index contributed by atoms with van der Waals surface area (Å²) in [5, 5.41) is 5.05. The molecule has 0 aliphatic heterocycles. The Morgan fingerprint density at radius 2 is 2.20 bits per heavy atom. The average Bonchev–Trinajstić information content (AvgIpc) is 2.79. The van der Waals surface area contributed by atoms with E-state index in [1.54, 1.807) is 23.0 Å². The Balaban J connectivity index is 2.27. The molecule has 2 heterocycles. The number of aromatic nitrogens is 3. The van der Waals surface area contributed by atoms with Crippen LogP contribution in [-0.2, 0) is 10.0 Å². The van der Waals surface area contributed by atoms with E-state index < -0.39 is 10.0 Å². The first kappa shape index (κ1) is 14.5. The molecule has 0 saturated carbocycles. The third-order valence-electron chi connectivity index (χ3n) is 2.79. The lowest BCUT2D eigenvalue weighted by atomic mass is 10.3. The summed E-state index contributed by atoms with van der Waals surface area (Å²) in [6.45, 7) is 7.54. The molecule has 6 nitrogen and oxygen atoms in total. The van der Waals surface area contributed by atoms with Crippen molar-refractivity contribution in [2.45, 2.75) is 26.3 Å². The van der Waals surface area contributed by atoms with Crippen molar-refractivity contribution in [1.29, 1.82) is 0 Å². The van der Waals surface area contributed by atoms with E-state index in [0.29, 0.717) is 12.1 Å². The van der Waals surface area contributed by atoms with Gasteiger partial charge in [0.2, 0.25) is 10.0 Å². The van der Waals surface area contributed by atoms with Crippen molar-refractivity contribution in [3.05, 3.63) is 31.1 Å². The van der Waals surface area contributed by atoms with Gasteiger partial charge in [-0.3, -0.25) is 4.72 Å². The maximum Gasteiger partial charge on any atom is 0.233 e. The molecule has 0 radical (unpaired) electrons. The number of hydrogen-bond acceptors (Lipinski definition) is 4. The standard InChI is InChI=1S/C13H18N4O2S/c1-4-5-6-20(18,19)16-12-7-11-8-15-17(10(2)3)13(11)14-9-12/h4,7-10,16H,1,5-6H2,2-3H3. The first-order chi connectivity index (χ1) is 9.43. The fraction of sp³-hybridized carbons (Fsp3) is 0.385. The van der Waals surface area contributed by atoms with Crippen molar-refractivity contribution in [3.63, 3.8) is 0 Å². The summed E-state index contributed by atoms with van der Waals surface area (Å²) >= 11 is 0. The predicted molar refractivity (Wildman–Crippen MR) is 80.1 cm³/mol. The van der Waals surface area contributed by atoms with E-state index in [1.165, 1.54) is 6.20 Å². The smallest absolute Gasteiger partial charge is 0.233 e. The van der Waals surface area contributed by atoms with Crippen LogP contribution in [-0.4, -0.2) is 28.9 Å². The molecule has 1 N–H and O–H groups in total. The largest absolute Gasteiger partial charge is 0.282 e. The van der Waals surface area contributed by atoms with Crippen molar-refractivity contribution in [2.75, 3.05) is 10.5 Å². The lowest BCUT2D eigenvalue weighted by Gasteiger charge is -2.08. The van der Waals surface area contributed by atoms with E-state index in [9.17, 15) is 8.42 Å². The van der Waals surface area contributed by atoms with Crippen LogP contribution in [0.2, 0.25) is 0 Å². The molecule has 0 amide bonds. The topological polar surface area (TPSA) is 76.9 Å². The van der Waals surface area contributed by atoms with Gasteiger partial charge in [0.25, 0.3) is 0 Å². The van der Waals surface area contributed by atoms with Crippen LogP contribution >= 0.6 is 0 Å². The summed E-state index contributed by atoms with van der Waals surface area (Å²) < 4.78 is 27.9. The molecular weight excluding hydrogens is 276 g/mol. The fourth-order valence-electron chi connectivity index (χ4n) is 1.84. The number of anilines is 1. The molecule has 2 aromatic rings. The number of pyridine rings is 1. The lowest BCUT2D eigenvalue weighted by molar-refractivity contribution is 0.546. The SMILES string of the molecule is C=CCCS(=O)(=O)Nc1cnc2c(cnn2C(C)C)c1. The summed E-state index contributed by atoms with van der Waals surface area (Å²) in [4.78, 5) is 4.28. The zero-order valence-corrected chi connectivity index (χ0v) is 12.4. The highest BCUT2D eigenvalue weighted by Crippen LogP contribution is 2.19. The summed E-state index contributed by atoms with van der Waals surface area (Å²) in [7, 11) is -3.36. The van der Waals surface area contributed by atoms with E-state index in [1.807, 2.05) is 13.8 Å². The molecule has 0 bridgehead atoms. The van der Waals surface area contributed by atoms with E-state index in [2.05, 4.69) is 21.4 Å². The molecule has 2 aromatic heterocycles. The lowest BCUT2D eigenvalue weighted by Crippen LogP contribution is -2.16. The van der Waals surface area contributed by atoms with Gasteiger partial charge >= 0.3 is 0 Å². The van der Waals surface area contributed by atoms with Crippen LogP contribution in [0.15, 0.2) is 31.1 Å². The van der Waals surface area contributed by atoms with Crippen LogP contribution in [0, 0.1) is 0 Å². The quantitative estimate of drug-likeness (QED) is 0.829. The third kappa shape index (κ3) is 3.16. The summed E-state index contributed by atoms with van der Waals surface area (Å²) in [5.74, 6) is 0.0137.